The van der Waals surface area contributed by atoms with Crippen molar-refractivity contribution in [2.24, 2.45) is 0 Å². The van der Waals surface area contributed by atoms with Gasteiger partial charge in [-0.05, 0) is 74.1 Å². The lowest BCUT2D eigenvalue weighted by Gasteiger charge is -2.10. The molecule has 0 heteroatoms. The Morgan fingerprint density at radius 2 is 1.16 bits per heavy atom. The van der Waals surface area contributed by atoms with Gasteiger partial charge in [0.1, 0.15) is 0 Å². The van der Waals surface area contributed by atoms with Crippen LogP contribution in [0.15, 0.2) is 91.0 Å². The lowest BCUT2D eigenvalue weighted by molar-refractivity contribution is 1.53. The lowest BCUT2D eigenvalue weighted by atomic mass is 9.94. The second kappa shape index (κ2) is 5.46. The van der Waals surface area contributed by atoms with Crippen molar-refractivity contribution in [1.29, 1.82) is 0 Å². The van der Waals surface area contributed by atoms with Crippen LogP contribution in [0.4, 0.5) is 0 Å². The van der Waals surface area contributed by atoms with Crippen molar-refractivity contribution in [3.8, 4) is 11.1 Å². The zero-order valence-corrected chi connectivity index (χ0v) is 14.2. The minimum absolute atomic E-state index is 1.28. The lowest BCUT2D eigenvalue weighted by Crippen LogP contribution is -1.84. The highest BCUT2D eigenvalue weighted by atomic mass is 14.1. The Labute approximate surface area is 147 Å². The van der Waals surface area contributed by atoms with Gasteiger partial charge in [0.25, 0.3) is 0 Å². The Balaban J connectivity index is 1.81. The first-order chi connectivity index (χ1) is 12.3. The average Bonchev–Trinajstić information content (AvgIpc) is 2.66. The normalized spacial score (nSPS) is 11.4. The van der Waals surface area contributed by atoms with Gasteiger partial charge in [-0.15, -0.1) is 0 Å². The molecule has 0 aliphatic heterocycles. The molecule has 25 heavy (non-hydrogen) atoms. The van der Waals surface area contributed by atoms with E-state index in [1.54, 1.807) is 0 Å². The maximum atomic E-state index is 2.32. The molecular formula is C25H18. The van der Waals surface area contributed by atoms with Crippen LogP contribution in [-0.2, 0) is 0 Å². The summed E-state index contributed by atoms with van der Waals surface area (Å²) in [5.74, 6) is 0. The van der Waals surface area contributed by atoms with Crippen LogP contribution in [-0.4, -0.2) is 0 Å². The zero-order chi connectivity index (χ0) is 16.8. The number of rotatable bonds is 1. The second-order valence-electron chi connectivity index (χ2n) is 6.74. The molecule has 0 aromatic heterocycles. The molecule has 0 heterocycles. The summed E-state index contributed by atoms with van der Waals surface area (Å²) in [5, 5.41) is 7.82. The number of aryl methyl sites for hydroxylation is 1. The molecule has 0 nitrogen and oxygen atoms in total. The van der Waals surface area contributed by atoms with E-state index in [1.165, 1.54) is 49.0 Å². The van der Waals surface area contributed by atoms with E-state index in [1.807, 2.05) is 0 Å². The van der Waals surface area contributed by atoms with Crippen LogP contribution in [0.5, 0.6) is 0 Å². The van der Waals surface area contributed by atoms with E-state index in [4.69, 9.17) is 0 Å². The highest BCUT2D eigenvalue weighted by molar-refractivity contribution is 6.05. The Morgan fingerprint density at radius 3 is 2.00 bits per heavy atom. The molecule has 0 radical (unpaired) electrons. The molecule has 0 aliphatic carbocycles. The van der Waals surface area contributed by atoms with E-state index in [9.17, 15) is 0 Å². The monoisotopic (exact) mass is 318 g/mol. The SMILES string of the molecule is Cc1cccc2cc(-c3cccc4cc5ccccc5cc34)ccc12. The molecule has 118 valence electrons. The Bertz CT molecular complexity index is 1250. The van der Waals surface area contributed by atoms with Crippen molar-refractivity contribution >= 4 is 32.3 Å². The molecule has 0 unspecified atom stereocenters. The van der Waals surface area contributed by atoms with Crippen LogP contribution in [0.1, 0.15) is 5.56 Å². The van der Waals surface area contributed by atoms with Gasteiger partial charge in [-0.1, -0.05) is 72.8 Å². The number of fused-ring (bicyclic) bond motifs is 3. The Hall–Kier alpha value is -3.12. The number of hydrogen-bond donors (Lipinski definition) is 0. The molecular weight excluding hydrogens is 300 g/mol. The summed E-state index contributed by atoms with van der Waals surface area (Å²) < 4.78 is 0. The molecule has 5 rings (SSSR count). The fourth-order valence-corrected chi connectivity index (χ4v) is 3.83. The molecule has 0 N–H and O–H groups in total. The van der Waals surface area contributed by atoms with Gasteiger partial charge < -0.3 is 0 Å². The fraction of sp³-hybridized carbons (Fsp3) is 0.0400. The van der Waals surface area contributed by atoms with Crippen molar-refractivity contribution < 1.29 is 0 Å². The maximum Gasteiger partial charge on any atom is -0.00990 e. The molecule has 5 aromatic carbocycles. The van der Waals surface area contributed by atoms with E-state index in [2.05, 4.69) is 97.9 Å². The quantitative estimate of drug-likeness (QED) is 0.289. The summed E-state index contributed by atoms with van der Waals surface area (Å²) in [4.78, 5) is 0. The third kappa shape index (κ3) is 2.30. The van der Waals surface area contributed by atoms with Crippen LogP contribution in [0.3, 0.4) is 0 Å². The largest absolute Gasteiger partial charge is 0.0616 e. The van der Waals surface area contributed by atoms with E-state index < -0.39 is 0 Å². The van der Waals surface area contributed by atoms with Crippen LogP contribution < -0.4 is 0 Å². The topological polar surface area (TPSA) is 0 Å². The van der Waals surface area contributed by atoms with Crippen LogP contribution in [0, 0.1) is 6.92 Å². The first kappa shape index (κ1) is 14.2. The first-order valence-electron chi connectivity index (χ1n) is 8.71. The molecule has 0 saturated heterocycles. The van der Waals surface area contributed by atoms with E-state index in [0.29, 0.717) is 0 Å². The van der Waals surface area contributed by atoms with Crippen molar-refractivity contribution in [2.75, 3.05) is 0 Å². The molecule has 5 aromatic rings. The molecule has 0 atom stereocenters. The second-order valence-corrected chi connectivity index (χ2v) is 6.74. The van der Waals surface area contributed by atoms with Gasteiger partial charge in [0.15, 0.2) is 0 Å². The summed E-state index contributed by atoms with van der Waals surface area (Å²) in [6.07, 6.45) is 0. The number of hydrogen-bond acceptors (Lipinski definition) is 0. The Morgan fingerprint density at radius 1 is 0.480 bits per heavy atom. The first-order valence-corrected chi connectivity index (χ1v) is 8.71. The van der Waals surface area contributed by atoms with Crippen LogP contribution in [0.2, 0.25) is 0 Å². The summed E-state index contributed by atoms with van der Waals surface area (Å²) in [5.41, 5.74) is 3.90. The zero-order valence-electron chi connectivity index (χ0n) is 14.2. The van der Waals surface area contributed by atoms with Gasteiger partial charge in [0, 0.05) is 0 Å². The summed E-state index contributed by atoms with van der Waals surface area (Å²) in [6, 6.07) is 33.1. The van der Waals surface area contributed by atoms with Gasteiger partial charge in [0.2, 0.25) is 0 Å². The third-order valence-corrected chi connectivity index (χ3v) is 5.16. The van der Waals surface area contributed by atoms with E-state index in [0.717, 1.165) is 0 Å². The molecule has 0 spiro atoms. The van der Waals surface area contributed by atoms with E-state index in [-0.39, 0.29) is 0 Å². The fourth-order valence-electron chi connectivity index (χ4n) is 3.83. The summed E-state index contributed by atoms with van der Waals surface area (Å²) in [7, 11) is 0. The maximum absolute atomic E-state index is 2.32. The smallest absolute Gasteiger partial charge is 0.00990 e. The molecule has 0 amide bonds. The van der Waals surface area contributed by atoms with Crippen LogP contribution >= 0.6 is 0 Å². The highest BCUT2D eigenvalue weighted by Gasteiger charge is 2.07. The van der Waals surface area contributed by atoms with Gasteiger partial charge in [-0.25, -0.2) is 0 Å². The highest BCUT2D eigenvalue weighted by Crippen LogP contribution is 2.33. The predicted octanol–water partition coefficient (Wildman–Crippen LogP) is 7.12. The minimum atomic E-state index is 1.28. The van der Waals surface area contributed by atoms with Gasteiger partial charge >= 0.3 is 0 Å². The van der Waals surface area contributed by atoms with Crippen molar-refractivity contribution in [2.45, 2.75) is 6.92 Å². The van der Waals surface area contributed by atoms with Gasteiger partial charge in [-0.2, -0.15) is 0 Å². The Kier molecular flexibility index (Phi) is 3.11. The number of benzene rings is 5. The summed E-state index contributed by atoms with van der Waals surface area (Å²) in [6.45, 7) is 2.17. The molecule has 0 fully saturated rings. The van der Waals surface area contributed by atoms with Crippen LogP contribution in [0.25, 0.3) is 43.4 Å². The predicted molar refractivity (Wildman–Crippen MR) is 109 cm³/mol. The summed E-state index contributed by atoms with van der Waals surface area (Å²) >= 11 is 0. The minimum Gasteiger partial charge on any atom is -0.0616 e. The van der Waals surface area contributed by atoms with E-state index >= 15 is 0 Å². The molecule has 0 aliphatic rings. The third-order valence-electron chi connectivity index (χ3n) is 5.16. The van der Waals surface area contributed by atoms with Crippen molar-refractivity contribution in [1.82, 2.24) is 0 Å². The van der Waals surface area contributed by atoms with Gasteiger partial charge in [-0.3, -0.25) is 0 Å². The van der Waals surface area contributed by atoms with Crippen molar-refractivity contribution in [3.05, 3.63) is 96.6 Å². The van der Waals surface area contributed by atoms with Crippen molar-refractivity contribution in [3.63, 3.8) is 0 Å². The standard InChI is InChI=1S/C25H18/c1-17-6-4-9-20-15-22(12-13-23(17)20)24-11-5-10-21-14-18-7-2-3-8-19(18)16-25(21)24/h2-16H,1H3. The average molecular weight is 318 g/mol. The van der Waals surface area contributed by atoms with Gasteiger partial charge in [0.05, 0.1) is 0 Å². The molecule has 0 saturated carbocycles. The molecule has 0 bridgehead atoms.